The number of rotatable bonds is 6. The molecule has 0 atom stereocenters. The molecule has 15 heteroatoms. The molecule has 0 saturated heterocycles. The van der Waals surface area contributed by atoms with Crippen LogP contribution in [-0.2, 0) is 0 Å². The summed E-state index contributed by atoms with van der Waals surface area (Å²) in [5, 5.41) is 68.5. The van der Waals surface area contributed by atoms with Crippen LogP contribution in [0.1, 0.15) is 11.1 Å². The molecule has 0 saturated carbocycles. The predicted molar refractivity (Wildman–Crippen MR) is 120 cm³/mol. The third-order valence-electron chi connectivity index (χ3n) is 4.36. The van der Waals surface area contributed by atoms with Crippen molar-refractivity contribution in [3.05, 3.63) is 76.8 Å². The summed E-state index contributed by atoms with van der Waals surface area (Å²) in [6, 6.07) is 3.73. The first-order valence-electron chi connectivity index (χ1n) is 8.99. The number of nitrogens with zero attached hydrogens (tertiary/aromatic N) is 4. The van der Waals surface area contributed by atoms with E-state index in [2.05, 4.69) is 9.98 Å². The summed E-state index contributed by atoms with van der Waals surface area (Å²) < 4.78 is 0. The first-order chi connectivity index (χ1) is 16.4. The van der Waals surface area contributed by atoms with E-state index in [1.165, 1.54) is 6.07 Å². The van der Waals surface area contributed by atoms with Crippen molar-refractivity contribution in [2.45, 2.75) is 0 Å². The monoisotopic (exact) mass is 536 g/mol. The molecule has 0 aliphatic rings. The van der Waals surface area contributed by atoms with Crippen LogP contribution >= 0.6 is 34.8 Å². The highest BCUT2D eigenvalue weighted by Gasteiger charge is 2.15. The van der Waals surface area contributed by atoms with Crippen LogP contribution in [0.5, 0.6) is 23.0 Å². The van der Waals surface area contributed by atoms with Crippen LogP contribution in [0.4, 0.5) is 22.7 Å². The molecule has 0 spiro atoms. The third-order valence-corrected chi connectivity index (χ3v) is 5.30. The molecule has 0 amide bonds. The van der Waals surface area contributed by atoms with Crippen molar-refractivity contribution in [3.63, 3.8) is 0 Å². The van der Waals surface area contributed by atoms with Gasteiger partial charge in [0.25, 0.3) is 11.4 Å². The van der Waals surface area contributed by atoms with E-state index < -0.39 is 44.2 Å². The Morgan fingerprint density at radius 1 is 0.629 bits per heavy atom. The molecule has 0 N–H and O–H groups in total. The molecule has 12 nitrogen and oxygen atoms in total. The van der Waals surface area contributed by atoms with Crippen LogP contribution in [-0.4, -0.2) is 22.3 Å². The topological polar surface area (TPSA) is 203 Å². The Hall–Kier alpha value is -4.13. The third kappa shape index (κ3) is 5.35. The lowest BCUT2D eigenvalue weighted by molar-refractivity contribution is -0.398. The molecular formula is C20H7Cl3N4O8-4. The minimum atomic E-state index is -1.07. The van der Waals surface area contributed by atoms with Crippen LogP contribution < -0.4 is 20.4 Å². The summed E-state index contributed by atoms with van der Waals surface area (Å²) in [6.07, 6.45) is 1.80. The second-order valence-electron chi connectivity index (χ2n) is 6.60. The quantitative estimate of drug-likeness (QED) is 0.258. The Kier molecular flexibility index (Phi) is 7.29. The van der Waals surface area contributed by atoms with Gasteiger partial charge >= 0.3 is 0 Å². The molecule has 0 aromatic heterocycles. The lowest BCUT2D eigenvalue weighted by Gasteiger charge is -2.16. The van der Waals surface area contributed by atoms with E-state index in [9.17, 15) is 40.7 Å². The lowest BCUT2D eigenvalue weighted by Crippen LogP contribution is -2.03. The van der Waals surface area contributed by atoms with Crippen molar-refractivity contribution in [3.8, 4) is 23.0 Å². The maximum absolute atomic E-state index is 12.0. The molecular weight excluding hydrogens is 531 g/mol. The normalized spacial score (nSPS) is 11.4. The van der Waals surface area contributed by atoms with Gasteiger partial charge in [-0.25, -0.2) is 0 Å². The van der Waals surface area contributed by atoms with Gasteiger partial charge in [-0.05, 0) is 28.7 Å². The Morgan fingerprint density at radius 2 is 1.00 bits per heavy atom. The highest BCUT2D eigenvalue weighted by Crippen LogP contribution is 2.45. The maximum atomic E-state index is 12.0. The standard InChI is InChI=1S/C20H11Cl3N4O8/c21-10-3-11(22)20(25-7-9-2-13(27(34)35)17(31)5-15(9)29)18(23)19(10)24-6-8-1-12(26(32)33)16(30)4-14(8)28/h1-7,28-31H/p-4. The highest BCUT2D eigenvalue weighted by atomic mass is 35.5. The second-order valence-corrected chi connectivity index (χ2v) is 7.79. The van der Waals surface area contributed by atoms with Crippen molar-refractivity contribution < 1.29 is 30.3 Å². The summed E-state index contributed by atoms with van der Waals surface area (Å²) in [6.45, 7) is 0. The summed E-state index contributed by atoms with van der Waals surface area (Å²) in [7, 11) is 0. The smallest absolute Gasteiger partial charge is 0.262 e. The molecule has 35 heavy (non-hydrogen) atoms. The van der Waals surface area contributed by atoms with E-state index >= 15 is 0 Å². The molecule has 0 fully saturated rings. The van der Waals surface area contributed by atoms with Crippen molar-refractivity contribution in [1.29, 1.82) is 0 Å². The van der Waals surface area contributed by atoms with Gasteiger partial charge in [-0.2, -0.15) is 0 Å². The Balaban J connectivity index is 2.06. The number of benzene rings is 3. The zero-order valence-electron chi connectivity index (χ0n) is 16.7. The van der Waals surface area contributed by atoms with Gasteiger partial charge in [0.2, 0.25) is 0 Å². The molecule has 0 bridgehead atoms. The summed E-state index contributed by atoms with van der Waals surface area (Å²) in [5.74, 6) is -3.82. The molecule has 0 heterocycles. The van der Waals surface area contributed by atoms with Crippen molar-refractivity contribution in [2.75, 3.05) is 0 Å². The minimum Gasteiger partial charge on any atom is -0.872 e. The largest absolute Gasteiger partial charge is 0.872 e. The predicted octanol–water partition coefficient (Wildman–Crippen LogP) is 3.26. The maximum Gasteiger partial charge on any atom is 0.262 e. The van der Waals surface area contributed by atoms with Gasteiger partial charge in [0.15, 0.2) is 0 Å². The van der Waals surface area contributed by atoms with Gasteiger partial charge < -0.3 is 20.4 Å². The highest BCUT2D eigenvalue weighted by molar-refractivity contribution is 6.44. The average molecular weight is 538 g/mol. The summed E-state index contributed by atoms with van der Waals surface area (Å²) >= 11 is 18.5. The number of aliphatic imine (C=N–C) groups is 2. The second kappa shape index (κ2) is 10.0. The minimum absolute atomic E-state index is 0.103. The van der Waals surface area contributed by atoms with Crippen LogP contribution in [0.2, 0.25) is 15.1 Å². The van der Waals surface area contributed by atoms with Crippen LogP contribution in [0.25, 0.3) is 0 Å². The van der Waals surface area contributed by atoms with E-state index in [4.69, 9.17) is 34.8 Å². The zero-order chi connectivity index (χ0) is 26.0. The van der Waals surface area contributed by atoms with Gasteiger partial charge in [0.1, 0.15) is 11.4 Å². The van der Waals surface area contributed by atoms with Gasteiger partial charge in [0.05, 0.1) is 24.9 Å². The number of nitro benzene ring substituents is 2. The van der Waals surface area contributed by atoms with Crippen LogP contribution in [0.15, 0.2) is 40.3 Å². The number of halogens is 3. The van der Waals surface area contributed by atoms with Crippen LogP contribution in [0.3, 0.4) is 0 Å². The molecule has 0 unspecified atom stereocenters. The molecule has 3 aromatic rings. The number of hydrogen-bond donors (Lipinski definition) is 0. The van der Waals surface area contributed by atoms with E-state index in [1.807, 2.05) is 0 Å². The number of nitro groups is 2. The fraction of sp³-hybridized carbons (Fsp3) is 0. The molecule has 3 rings (SSSR count). The van der Waals surface area contributed by atoms with E-state index in [1.54, 1.807) is 0 Å². The fourth-order valence-electron chi connectivity index (χ4n) is 2.69. The van der Waals surface area contributed by atoms with Gasteiger partial charge in [-0.15, -0.1) is 11.5 Å². The van der Waals surface area contributed by atoms with Gasteiger partial charge in [-0.3, -0.25) is 30.2 Å². The summed E-state index contributed by atoms with van der Waals surface area (Å²) in [4.78, 5) is 27.9. The Bertz CT molecular complexity index is 1340. The Labute approximate surface area is 209 Å². The van der Waals surface area contributed by atoms with E-state index in [0.717, 1.165) is 24.6 Å². The molecule has 0 radical (unpaired) electrons. The van der Waals surface area contributed by atoms with E-state index in [-0.39, 0.29) is 37.6 Å². The molecule has 0 aliphatic heterocycles. The van der Waals surface area contributed by atoms with Crippen molar-refractivity contribution in [2.24, 2.45) is 9.98 Å². The fourth-order valence-corrected chi connectivity index (χ4v) is 3.65. The van der Waals surface area contributed by atoms with Gasteiger partial charge in [-0.1, -0.05) is 46.9 Å². The van der Waals surface area contributed by atoms with Gasteiger partial charge in [0, 0.05) is 24.6 Å². The number of hydrogen-bond acceptors (Lipinski definition) is 10. The first kappa shape index (κ1) is 25.5. The lowest BCUT2D eigenvalue weighted by atomic mass is 10.1. The van der Waals surface area contributed by atoms with Crippen molar-refractivity contribution >= 4 is 70.0 Å². The van der Waals surface area contributed by atoms with Crippen LogP contribution in [0, 0.1) is 20.2 Å². The average Bonchev–Trinajstić information content (AvgIpc) is 2.75. The SMILES string of the molecule is O=[N+]([O-])c1cc(C=Nc2c(Cl)cc(Cl)c(N=Cc3cc([N+](=O)[O-])c([O-])cc3[O-])c2Cl)c([O-])cc1[O-]. The molecule has 0 aliphatic carbocycles. The first-order valence-corrected chi connectivity index (χ1v) is 10.1. The van der Waals surface area contributed by atoms with Crippen molar-refractivity contribution in [1.82, 2.24) is 0 Å². The Morgan fingerprint density at radius 3 is 1.34 bits per heavy atom. The zero-order valence-corrected chi connectivity index (χ0v) is 19.0. The summed E-state index contributed by atoms with van der Waals surface area (Å²) in [5.41, 5.74) is -2.61. The molecule has 3 aromatic carbocycles. The van der Waals surface area contributed by atoms with E-state index in [0.29, 0.717) is 12.1 Å². The molecule has 180 valence electrons.